The van der Waals surface area contributed by atoms with E-state index in [1.54, 1.807) is 0 Å². The molecule has 2 amide bonds. The molecule has 0 saturated carbocycles. The molecule has 0 aromatic heterocycles. The van der Waals surface area contributed by atoms with Crippen molar-refractivity contribution >= 4 is 6.03 Å². The molecule has 1 aliphatic rings. The molecule has 5 nitrogen and oxygen atoms in total. The van der Waals surface area contributed by atoms with Crippen LogP contribution in [0.4, 0.5) is 4.79 Å². The Labute approximate surface area is 139 Å². The van der Waals surface area contributed by atoms with Crippen LogP contribution in [0.15, 0.2) is 24.3 Å². The summed E-state index contributed by atoms with van der Waals surface area (Å²) in [4.78, 5) is 14.3. The number of likely N-dealkylation sites (tertiary alicyclic amines) is 1. The van der Waals surface area contributed by atoms with Gasteiger partial charge in [-0.3, -0.25) is 4.90 Å². The van der Waals surface area contributed by atoms with Crippen LogP contribution in [0.5, 0.6) is 0 Å². The molecule has 5 heteroatoms. The van der Waals surface area contributed by atoms with Crippen molar-refractivity contribution in [1.29, 1.82) is 0 Å². The van der Waals surface area contributed by atoms with Gasteiger partial charge >= 0.3 is 6.03 Å². The van der Waals surface area contributed by atoms with Gasteiger partial charge in [0.1, 0.15) is 0 Å². The maximum Gasteiger partial charge on any atom is 0.315 e. The summed E-state index contributed by atoms with van der Waals surface area (Å²) in [5, 5.41) is 14.4. The van der Waals surface area contributed by atoms with Crippen molar-refractivity contribution in [3.63, 3.8) is 0 Å². The van der Waals surface area contributed by atoms with Gasteiger partial charge in [0, 0.05) is 32.3 Å². The molecule has 1 aliphatic heterocycles. The first kappa shape index (κ1) is 17.8. The maximum atomic E-state index is 11.7. The molecule has 1 saturated heterocycles. The van der Waals surface area contributed by atoms with Crippen molar-refractivity contribution in [3.8, 4) is 0 Å². The smallest absolute Gasteiger partial charge is 0.315 e. The van der Waals surface area contributed by atoms with Crippen LogP contribution < -0.4 is 10.6 Å². The Bertz CT molecular complexity index is 493. The number of amides is 2. The van der Waals surface area contributed by atoms with E-state index in [0.717, 1.165) is 13.1 Å². The van der Waals surface area contributed by atoms with E-state index in [-0.39, 0.29) is 12.6 Å². The number of urea groups is 1. The third-order valence-electron chi connectivity index (χ3n) is 4.49. The molecular formula is C18H29N3O2. The Balaban J connectivity index is 1.88. The highest BCUT2D eigenvalue weighted by molar-refractivity contribution is 5.73. The van der Waals surface area contributed by atoms with Crippen LogP contribution >= 0.6 is 0 Å². The summed E-state index contributed by atoms with van der Waals surface area (Å²) in [6, 6.07) is 8.77. The van der Waals surface area contributed by atoms with Crippen molar-refractivity contribution < 1.29 is 9.90 Å². The molecule has 1 aromatic rings. The molecule has 1 fully saturated rings. The predicted octanol–water partition coefficient (Wildman–Crippen LogP) is 2.24. The van der Waals surface area contributed by atoms with Crippen LogP contribution in [0.3, 0.4) is 0 Å². The highest BCUT2D eigenvalue weighted by Crippen LogP contribution is 2.20. The number of aliphatic hydroxyl groups is 1. The lowest BCUT2D eigenvalue weighted by molar-refractivity contribution is 0.152. The van der Waals surface area contributed by atoms with E-state index in [9.17, 15) is 4.79 Å². The number of aliphatic hydroxyl groups excluding tert-OH is 1. The van der Waals surface area contributed by atoms with E-state index >= 15 is 0 Å². The second-order valence-electron chi connectivity index (χ2n) is 6.27. The van der Waals surface area contributed by atoms with E-state index in [1.807, 2.05) is 6.07 Å². The first-order chi connectivity index (χ1) is 11.2. The standard InChI is InChI=1S/C18H29N3O2/c1-15-7-4-5-11-21(15)14-17-9-3-2-8-16(17)13-20-18(23)19-10-6-12-22/h2-3,8-9,15,22H,4-7,10-14H2,1H3,(H2,19,20,23). The number of carbonyl (C=O) groups is 1. The summed E-state index contributed by atoms with van der Waals surface area (Å²) in [7, 11) is 0. The normalized spacial score (nSPS) is 18.6. The number of nitrogens with one attached hydrogen (secondary N) is 2. The zero-order chi connectivity index (χ0) is 16.5. The Morgan fingerprint density at radius 1 is 1.26 bits per heavy atom. The van der Waals surface area contributed by atoms with E-state index in [1.165, 1.54) is 30.4 Å². The summed E-state index contributed by atoms with van der Waals surface area (Å²) in [5.41, 5.74) is 2.46. The van der Waals surface area contributed by atoms with Gasteiger partial charge in [0.05, 0.1) is 0 Å². The largest absolute Gasteiger partial charge is 0.396 e. The first-order valence-electron chi connectivity index (χ1n) is 8.64. The Kier molecular flexibility index (Phi) is 7.36. The van der Waals surface area contributed by atoms with Gasteiger partial charge < -0.3 is 15.7 Å². The number of carbonyl (C=O) groups excluding carboxylic acids is 1. The molecule has 0 spiro atoms. The van der Waals surface area contributed by atoms with Crippen molar-refractivity contribution in [3.05, 3.63) is 35.4 Å². The molecular weight excluding hydrogens is 290 g/mol. The summed E-state index contributed by atoms with van der Waals surface area (Å²) < 4.78 is 0. The SMILES string of the molecule is CC1CCCCN1Cc1ccccc1CNC(=O)NCCCO. The van der Waals surface area contributed by atoms with Gasteiger partial charge in [-0.2, -0.15) is 0 Å². The fourth-order valence-electron chi connectivity index (χ4n) is 3.01. The zero-order valence-electron chi connectivity index (χ0n) is 14.1. The molecule has 23 heavy (non-hydrogen) atoms. The monoisotopic (exact) mass is 319 g/mol. The topological polar surface area (TPSA) is 64.6 Å². The molecule has 0 bridgehead atoms. The van der Waals surface area contributed by atoms with Gasteiger partial charge in [0.2, 0.25) is 0 Å². The number of hydrogen-bond acceptors (Lipinski definition) is 3. The third kappa shape index (κ3) is 5.84. The average Bonchev–Trinajstić information content (AvgIpc) is 2.56. The third-order valence-corrected chi connectivity index (χ3v) is 4.49. The molecule has 2 rings (SSSR count). The summed E-state index contributed by atoms with van der Waals surface area (Å²) >= 11 is 0. The molecule has 3 N–H and O–H groups in total. The minimum Gasteiger partial charge on any atom is -0.396 e. The van der Waals surface area contributed by atoms with Gasteiger partial charge in [0.15, 0.2) is 0 Å². The summed E-state index contributed by atoms with van der Waals surface area (Å²) in [5.74, 6) is 0. The fraction of sp³-hybridized carbons (Fsp3) is 0.611. The number of piperidine rings is 1. The van der Waals surface area contributed by atoms with Crippen LogP contribution in [0, 0.1) is 0 Å². The van der Waals surface area contributed by atoms with Crippen LogP contribution in [0.1, 0.15) is 43.7 Å². The van der Waals surface area contributed by atoms with E-state index in [2.05, 4.69) is 40.7 Å². The molecule has 1 heterocycles. The molecule has 1 aromatic carbocycles. The van der Waals surface area contributed by atoms with Gasteiger partial charge in [-0.15, -0.1) is 0 Å². The van der Waals surface area contributed by atoms with Crippen molar-refractivity contribution in [2.45, 2.75) is 51.7 Å². The molecule has 0 aliphatic carbocycles. The molecule has 0 radical (unpaired) electrons. The number of rotatable bonds is 7. The summed E-state index contributed by atoms with van der Waals surface area (Å²) in [6.07, 6.45) is 4.46. The summed E-state index contributed by atoms with van der Waals surface area (Å²) in [6.45, 7) is 5.53. The van der Waals surface area contributed by atoms with E-state index in [0.29, 0.717) is 25.6 Å². The predicted molar refractivity (Wildman–Crippen MR) is 92.1 cm³/mol. The van der Waals surface area contributed by atoms with Crippen LogP contribution in [0.25, 0.3) is 0 Å². The second-order valence-corrected chi connectivity index (χ2v) is 6.27. The van der Waals surface area contributed by atoms with Crippen LogP contribution in [-0.4, -0.2) is 41.8 Å². The Morgan fingerprint density at radius 2 is 2.04 bits per heavy atom. The lowest BCUT2D eigenvalue weighted by Crippen LogP contribution is -2.38. The lowest BCUT2D eigenvalue weighted by Gasteiger charge is -2.33. The van der Waals surface area contributed by atoms with Crippen molar-refractivity contribution in [2.75, 3.05) is 19.7 Å². The first-order valence-corrected chi connectivity index (χ1v) is 8.64. The zero-order valence-corrected chi connectivity index (χ0v) is 14.1. The number of hydrogen-bond donors (Lipinski definition) is 3. The second kappa shape index (κ2) is 9.53. The minimum absolute atomic E-state index is 0.0944. The quantitative estimate of drug-likeness (QED) is 0.675. The minimum atomic E-state index is -0.181. The molecule has 128 valence electrons. The van der Waals surface area contributed by atoms with Crippen LogP contribution in [0.2, 0.25) is 0 Å². The van der Waals surface area contributed by atoms with Crippen molar-refractivity contribution in [2.24, 2.45) is 0 Å². The Hall–Kier alpha value is -1.59. The number of nitrogens with zero attached hydrogens (tertiary/aromatic N) is 1. The van der Waals surface area contributed by atoms with Gasteiger partial charge in [-0.25, -0.2) is 4.79 Å². The maximum absolute atomic E-state index is 11.7. The van der Waals surface area contributed by atoms with E-state index in [4.69, 9.17) is 5.11 Å². The highest BCUT2D eigenvalue weighted by Gasteiger charge is 2.19. The van der Waals surface area contributed by atoms with Gasteiger partial charge in [-0.05, 0) is 43.9 Å². The lowest BCUT2D eigenvalue weighted by atomic mass is 10.0. The Morgan fingerprint density at radius 3 is 2.78 bits per heavy atom. The van der Waals surface area contributed by atoms with Crippen molar-refractivity contribution in [1.82, 2.24) is 15.5 Å². The highest BCUT2D eigenvalue weighted by atomic mass is 16.3. The number of benzene rings is 1. The molecule has 1 unspecified atom stereocenters. The average molecular weight is 319 g/mol. The fourth-order valence-corrected chi connectivity index (χ4v) is 3.01. The van der Waals surface area contributed by atoms with Gasteiger partial charge in [-0.1, -0.05) is 30.7 Å². The van der Waals surface area contributed by atoms with Crippen LogP contribution in [-0.2, 0) is 13.1 Å². The van der Waals surface area contributed by atoms with E-state index < -0.39 is 0 Å². The molecule has 1 atom stereocenters. The van der Waals surface area contributed by atoms with Gasteiger partial charge in [0.25, 0.3) is 0 Å².